The Bertz CT molecular complexity index is 315. The van der Waals surface area contributed by atoms with Gasteiger partial charge in [0.05, 0.1) is 0 Å². The number of fused-ring (bicyclic) bond motifs is 1. The number of nitrogens with two attached hydrogens (primary N) is 1. The molecular weight excluding hydrogens is 180 g/mol. The first-order valence-corrected chi connectivity index (χ1v) is 4.74. The lowest BCUT2D eigenvalue weighted by atomic mass is 10.2. The maximum atomic E-state index is 5.45. The fourth-order valence-corrected chi connectivity index (χ4v) is 1.37. The molecular formula is C10H14N2O2. The van der Waals surface area contributed by atoms with Crippen molar-refractivity contribution in [1.29, 1.82) is 0 Å². The van der Waals surface area contributed by atoms with Gasteiger partial charge in [-0.3, -0.25) is 0 Å². The van der Waals surface area contributed by atoms with Gasteiger partial charge in [0.15, 0.2) is 11.5 Å². The van der Waals surface area contributed by atoms with Gasteiger partial charge in [-0.15, -0.1) is 0 Å². The maximum absolute atomic E-state index is 5.45. The quantitative estimate of drug-likeness (QED) is 0.748. The summed E-state index contributed by atoms with van der Waals surface area (Å²) in [6, 6.07) is 5.81. The van der Waals surface area contributed by atoms with Gasteiger partial charge in [-0.25, -0.2) is 0 Å². The van der Waals surface area contributed by atoms with E-state index in [-0.39, 0.29) is 0 Å². The third kappa shape index (κ3) is 1.90. The number of nitrogens with one attached hydrogen (secondary N) is 1. The highest BCUT2D eigenvalue weighted by atomic mass is 16.6. The van der Waals surface area contributed by atoms with Crippen molar-refractivity contribution in [2.24, 2.45) is 5.73 Å². The van der Waals surface area contributed by atoms with Crippen molar-refractivity contribution in [2.45, 2.75) is 0 Å². The number of hydrogen-bond acceptors (Lipinski definition) is 4. The van der Waals surface area contributed by atoms with Crippen LogP contribution in [0.15, 0.2) is 18.2 Å². The van der Waals surface area contributed by atoms with E-state index in [0.717, 1.165) is 23.7 Å². The van der Waals surface area contributed by atoms with Crippen LogP contribution in [0.2, 0.25) is 0 Å². The highest BCUT2D eigenvalue weighted by molar-refractivity contribution is 5.55. The smallest absolute Gasteiger partial charge is 0.163 e. The summed E-state index contributed by atoms with van der Waals surface area (Å²) < 4.78 is 10.9. The van der Waals surface area contributed by atoms with E-state index >= 15 is 0 Å². The molecule has 0 atom stereocenters. The van der Waals surface area contributed by atoms with Crippen molar-refractivity contribution in [3.8, 4) is 11.5 Å². The maximum Gasteiger partial charge on any atom is 0.163 e. The second kappa shape index (κ2) is 4.19. The van der Waals surface area contributed by atoms with Crippen LogP contribution >= 0.6 is 0 Å². The summed E-state index contributed by atoms with van der Waals surface area (Å²) in [5.41, 5.74) is 6.41. The molecule has 0 fully saturated rings. The van der Waals surface area contributed by atoms with Gasteiger partial charge in [-0.05, 0) is 12.1 Å². The van der Waals surface area contributed by atoms with E-state index < -0.39 is 0 Å². The third-order valence-electron chi connectivity index (χ3n) is 2.02. The van der Waals surface area contributed by atoms with Gasteiger partial charge in [0.1, 0.15) is 13.2 Å². The van der Waals surface area contributed by atoms with Crippen LogP contribution in [0.3, 0.4) is 0 Å². The van der Waals surface area contributed by atoms with Gasteiger partial charge in [-0.2, -0.15) is 0 Å². The van der Waals surface area contributed by atoms with Gasteiger partial charge in [0.2, 0.25) is 0 Å². The topological polar surface area (TPSA) is 56.5 Å². The third-order valence-corrected chi connectivity index (χ3v) is 2.02. The molecule has 1 aromatic rings. The number of hydrogen-bond donors (Lipinski definition) is 2. The highest BCUT2D eigenvalue weighted by Gasteiger charge is 2.10. The lowest BCUT2D eigenvalue weighted by Gasteiger charge is -2.19. The van der Waals surface area contributed by atoms with Crippen LogP contribution < -0.4 is 20.5 Å². The SMILES string of the molecule is NCCNc1ccc2c(c1)OCCO2. The van der Waals surface area contributed by atoms with Crippen LogP contribution in [0.1, 0.15) is 0 Å². The first-order chi connectivity index (χ1) is 6.90. The van der Waals surface area contributed by atoms with Crippen LogP contribution in [0.5, 0.6) is 11.5 Å². The Balaban J connectivity index is 2.12. The normalized spacial score (nSPS) is 13.8. The second-order valence-corrected chi connectivity index (χ2v) is 3.07. The molecule has 0 aromatic heterocycles. The fourth-order valence-electron chi connectivity index (χ4n) is 1.37. The molecule has 1 aromatic carbocycles. The molecule has 0 amide bonds. The highest BCUT2D eigenvalue weighted by Crippen LogP contribution is 2.32. The molecule has 0 saturated heterocycles. The number of ether oxygens (including phenoxy) is 2. The van der Waals surface area contributed by atoms with Crippen molar-refractivity contribution in [2.75, 3.05) is 31.6 Å². The van der Waals surface area contributed by atoms with E-state index in [1.807, 2.05) is 18.2 Å². The number of benzene rings is 1. The molecule has 0 bridgehead atoms. The Labute approximate surface area is 83.0 Å². The monoisotopic (exact) mass is 194 g/mol. The molecule has 0 unspecified atom stereocenters. The molecule has 4 nitrogen and oxygen atoms in total. The molecule has 0 saturated carbocycles. The molecule has 0 radical (unpaired) electrons. The Morgan fingerprint density at radius 1 is 1.21 bits per heavy atom. The minimum absolute atomic E-state index is 0.618. The zero-order chi connectivity index (χ0) is 9.80. The van der Waals surface area contributed by atoms with Crippen molar-refractivity contribution < 1.29 is 9.47 Å². The summed E-state index contributed by atoms with van der Waals surface area (Å²) in [5, 5.41) is 3.18. The van der Waals surface area contributed by atoms with Crippen molar-refractivity contribution in [3.05, 3.63) is 18.2 Å². The molecule has 0 spiro atoms. The van der Waals surface area contributed by atoms with E-state index in [4.69, 9.17) is 15.2 Å². The minimum atomic E-state index is 0.618. The van der Waals surface area contributed by atoms with Gasteiger partial charge in [0.25, 0.3) is 0 Å². The summed E-state index contributed by atoms with van der Waals surface area (Å²) in [7, 11) is 0. The fraction of sp³-hybridized carbons (Fsp3) is 0.400. The molecule has 14 heavy (non-hydrogen) atoms. The van der Waals surface area contributed by atoms with Crippen molar-refractivity contribution in [3.63, 3.8) is 0 Å². The summed E-state index contributed by atoms with van der Waals surface area (Å²) in [5.74, 6) is 1.62. The molecule has 76 valence electrons. The summed E-state index contributed by atoms with van der Waals surface area (Å²) >= 11 is 0. The Kier molecular flexibility index (Phi) is 2.74. The van der Waals surface area contributed by atoms with E-state index in [1.165, 1.54) is 0 Å². The largest absolute Gasteiger partial charge is 0.486 e. The average Bonchev–Trinajstić information content (AvgIpc) is 2.26. The summed E-state index contributed by atoms with van der Waals surface area (Å²) in [6.07, 6.45) is 0. The molecule has 3 N–H and O–H groups in total. The zero-order valence-corrected chi connectivity index (χ0v) is 7.95. The number of anilines is 1. The van der Waals surface area contributed by atoms with Crippen LogP contribution in [-0.4, -0.2) is 26.3 Å². The van der Waals surface area contributed by atoms with Crippen LogP contribution in [0.25, 0.3) is 0 Å². The first-order valence-electron chi connectivity index (χ1n) is 4.74. The zero-order valence-electron chi connectivity index (χ0n) is 7.95. The van der Waals surface area contributed by atoms with Crippen molar-refractivity contribution in [1.82, 2.24) is 0 Å². The van der Waals surface area contributed by atoms with E-state index in [0.29, 0.717) is 19.8 Å². The summed E-state index contributed by atoms with van der Waals surface area (Å²) in [6.45, 7) is 2.63. The lowest BCUT2D eigenvalue weighted by molar-refractivity contribution is 0.171. The Morgan fingerprint density at radius 3 is 2.79 bits per heavy atom. The van der Waals surface area contributed by atoms with Crippen LogP contribution in [-0.2, 0) is 0 Å². The van der Waals surface area contributed by atoms with E-state index in [2.05, 4.69) is 5.32 Å². The molecule has 1 aliphatic rings. The van der Waals surface area contributed by atoms with E-state index in [9.17, 15) is 0 Å². The van der Waals surface area contributed by atoms with Crippen LogP contribution in [0, 0.1) is 0 Å². The second-order valence-electron chi connectivity index (χ2n) is 3.07. The molecule has 1 aliphatic heterocycles. The summed E-state index contributed by atoms with van der Waals surface area (Å²) in [4.78, 5) is 0. The Morgan fingerprint density at radius 2 is 2.00 bits per heavy atom. The van der Waals surface area contributed by atoms with Crippen LogP contribution in [0.4, 0.5) is 5.69 Å². The lowest BCUT2D eigenvalue weighted by Crippen LogP contribution is -2.16. The molecule has 1 heterocycles. The van der Waals surface area contributed by atoms with Gasteiger partial charge < -0.3 is 20.5 Å². The standard InChI is InChI=1S/C10H14N2O2/c11-3-4-12-8-1-2-9-10(7-8)14-6-5-13-9/h1-2,7,12H,3-6,11H2. The minimum Gasteiger partial charge on any atom is -0.486 e. The number of rotatable bonds is 3. The van der Waals surface area contributed by atoms with E-state index in [1.54, 1.807) is 0 Å². The predicted molar refractivity (Wildman–Crippen MR) is 55.0 cm³/mol. The molecule has 2 rings (SSSR count). The first kappa shape index (κ1) is 9.15. The Hall–Kier alpha value is -1.42. The average molecular weight is 194 g/mol. The molecule has 4 heteroatoms. The van der Waals surface area contributed by atoms with Gasteiger partial charge in [0, 0.05) is 24.8 Å². The van der Waals surface area contributed by atoms with Gasteiger partial charge >= 0.3 is 0 Å². The van der Waals surface area contributed by atoms with Gasteiger partial charge in [-0.1, -0.05) is 0 Å². The van der Waals surface area contributed by atoms with Crippen molar-refractivity contribution >= 4 is 5.69 Å². The molecule has 0 aliphatic carbocycles. The predicted octanol–water partition coefficient (Wildman–Crippen LogP) is 0.828.